The van der Waals surface area contributed by atoms with Gasteiger partial charge in [-0.2, -0.15) is 0 Å². The molecule has 1 saturated heterocycles. The van der Waals surface area contributed by atoms with Crippen LogP contribution in [0.15, 0.2) is 0 Å². The molecule has 2 fully saturated rings. The van der Waals surface area contributed by atoms with Gasteiger partial charge in [-0.1, -0.05) is 12.8 Å². The van der Waals surface area contributed by atoms with Gasteiger partial charge in [-0.15, -0.1) is 0 Å². The molecule has 1 aliphatic carbocycles. The van der Waals surface area contributed by atoms with Gasteiger partial charge in [0.05, 0.1) is 12.2 Å². The van der Waals surface area contributed by atoms with Crippen LogP contribution in [0.5, 0.6) is 0 Å². The minimum absolute atomic E-state index is 0.351. The molecule has 0 unspecified atom stereocenters. The monoisotopic (exact) mass is 156 g/mol. The van der Waals surface area contributed by atoms with Crippen molar-refractivity contribution in [3.05, 3.63) is 0 Å². The van der Waals surface area contributed by atoms with Crippen molar-refractivity contribution < 1.29 is 9.84 Å². The molecule has 0 bridgehead atoms. The number of ether oxygens (including phenoxy) is 1. The van der Waals surface area contributed by atoms with Crippen LogP contribution in [0.25, 0.3) is 0 Å². The van der Waals surface area contributed by atoms with E-state index in [1.165, 1.54) is 12.8 Å². The molecule has 2 heteroatoms. The van der Waals surface area contributed by atoms with Crippen LogP contribution in [0.4, 0.5) is 0 Å². The van der Waals surface area contributed by atoms with Gasteiger partial charge in [0.1, 0.15) is 0 Å². The van der Waals surface area contributed by atoms with Gasteiger partial charge in [0.2, 0.25) is 0 Å². The smallest absolute Gasteiger partial charge is 0.0719 e. The van der Waals surface area contributed by atoms with Crippen molar-refractivity contribution in [3.8, 4) is 0 Å². The van der Waals surface area contributed by atoms with Crippen LogP contribution < -0.4 is 0 Å². The lowest BCUT2D eigenvalue weighted by atomic mass is 9.73. The SMILES string of the molecule is O[C@@]12CCCC[C@H]1COCC2. The van der Waals surface area contributed by atoms with E-state index in [0.29, 0.717) is 5.92 Å². The summed E-state index contributed by atoms with van der Waals surface area (Å²) in [7, 11) is 0. The molecular weight excluding hydrogens is 140 g/mol. The van der Waals surface area contributed by atoms with Crippen molar-refractivity contribution in [2.45, 2.75) is 37.7 Å². The summed E-state index contributed by atoms with van der Waals surface area (Å²) in [5, 5.41) is 10.1. The highest BCUT2D eigenvalue weighted by Crippen LogP contribution is 2.38. The van der Waals surface area contributed by atoms with Gasteiger partial charge in [0.25, 0.3) is 0 Å². The molecule has 1 heterocycles. The summed E-state index contributed by atoms with van der Waals surface area (Å²) in [6.07, 6.45) is 5.50. The Hall–Kier alpha value is -0.0800. The molecule has 64 valence electrons. The second-order valence-electron chi connectivity index (χ2n) is 3.87. The van der Waals surface area contributed by atoms with Crippen LogP contribution in [-0.2, 0) is 4.74 Å². The molecule has 1 aliphatic heterocycles. The summed E-state index contributed by atoms with van der Waals surface area (Å²) in [6, 6.07) is 0. The number of hydrogen-bond acceptors (Lipinski definition) is 2. The highest BCUT2D eigenvalue weighted by Gasteiger charge is 2.40. The van der Waals surface area contributed by atoms with Crippen LogP contribution >= 0.6 is 0 Å². The highest BCUT2D eigenvalue weighted by atomic mass is 16.5. The normalized spacial score (nSPS) is 45.0. The van der Waals surface area contributed by atoms with Crippen molar-refractivity contribution in [3.63, 3.8) is 0 Å². The van der Waals surface area contributed by atoms with Gasteiger partial charge < -0.3 is 9.84 Å². The maximum absolute atomic E-state index is 10.1. The summed E-state index contributed by atoms with van der Waals surface area (Å²) < 4.78 is 5.34. The summed E-state index contributed by atoms with van der Waals surface area (Å²) in [5.74, 6) is 0.435. The van der Waals surface area contributed by atoms with E-state index >= 15 is 0 Å². The Kier molecular flexibility index (Phi) is 1.90. The quantitative estimate of drug-likeness (QED) is 0.573. The highest BCUT2D eigenvalue weighted by molar-refractivity contribution is 4.91. The minimum Gasteiger partial charge on any atom is -0.389 e. The summed E-state index contributed by atoms with van der Waals surface area (Å²) >= 11 is 0. The Morgan fingerprint density at radius 2 is 2.18 bits per heavy atom. The van der Waals surface area contributed by atoms with Crippen molar-refractivity contribution in [1.29, 1.82) is 0 Å². The van der Waals surface area contributed by atoms with Gasteiger partial charge in [-0.05, 0) is 19.3 Å². The van der Waals surface area contributed by atoms with Crippen molar-refractivity contribution in [1.82, 2.24) is 0 Å². The number of hydrogen-bond donors (Lipinski definition) is 1. The third-order valence-corrected chi connectivity index (χ3v) is 3.17. The largest absolute Gasteiger partial charge is 0.389 e. The van der Waals surface area contributed by atoms with E-state index in [1.807, 2.05) is 0 Å². The number of rotatable bonds is 0. The first-order valence-corrected chi connectivity index (χ1v) is 4.61. The number of fused-ring (bicyclic) bond motifs is 1. The second-order valence-corrected chi connectivity index (χ2v) is 3.87. The van der Waals surface area contributed by atoms with Crippen molar-refractivity contribution in [2.75, 3.05) is 13.2 Å². The Morgan fingerprint density at radius 3 is 3.00 bits per heavy atom. The molecule has 0 amide bonds. The average molecular weight is 156 g/mol. The van der Waals surface area contributed by atoms with E-state index in [4.69, 9.17) is 4.74 Å². The third kappa shape index (κ3) is 1.30. The van der Waals surface area contributed by atoms with E-state index in [0.717, 1.165) is 32.5 Å². The Balaban J connectivity index is 2.06. The molecule has 0 aromatic heterocycles. The van der Waals surface area contributed by atoms with Crippen LogP contribution in [0.3, 0.4) is 0 Å². The second kappa shape index (κ2) is 2.76. The molecule has 0 radical (unpaired) electrons. The van der Waals surface area contributed by atoms with Crippen LogP contribution in [0.1, 0.15) is 32.1 Å². The molecule has 11 heavy (non-hydrogen) atoms. The molecule has 1 saturated carbocycles. The lowest BCUT2D eigenvalue weighted by Crippen LogP contribution is -2.47. The first-order chi connectivity index (χ1) is 5.31. The molecule has 0 aromatic rings. The standard InChI is InChI=1S/C9H16O2/c10-9-4-2-1-3-8(9)7-11-6-5-9/h8,10H,1-7H2/t8-,9+/m0/s1. The first-order valence-electron chi connectivity index (χ1n) is 4.61. The van der Waals surface area contributed by atoms with Gasteiger partial charge in [0, 0.05) is 12.5 Å². The third-order valence-electron chi connectivity index (χ3n) is 3.17. The average Bonchev–Trinajstić information content (AvgIpc) is 2.03. The molecule has 2 atom stereocenters. The molecule has 2 nitrogen and oxygen atoms in total. The molecule has 2 rings (SSSR count). The molecule has 2 aliphatic rings. The molecular formula is C9H16O2. The fourth-order valence-electron chi connectivity index (χ4n) is 2.34. The summed E-state index contributed by atoms with van der Waals surface area (Å²) in [4.78, 5) is 0. The van der Waals surface area contributed by atoms with E-state index < -0.39 is 0 Å². The summed E-state index contributed by atoms with van der Waals surface area (Å²) in [5.41, 5.74) is -0.351. The molecule has 0 aromatic carbocycles. The summed E-state index contributed by atoms with van der Waals surface area (Å²) in [6.45, 7) is 1.55. The zero-order valence-corrected chi connectivity index (χ0v) is 6.88. The number of aliphatic hydroxyl groups is 1. The van der Waals surface area contributed by atoms with Gasteiger partial charge in [-0.3, -0.25) is 0 Å². The van der Waals surface area contributed by atoms with Crippen LogP contribution in [0, 0.1) is 5.92 Å². The fraction of sp³-hybridized carbons (Fsp3) is 1.00. The maximum Gasteiger partial charge on any atom is 0.0719 e. The van der Waals surface area contributed by atoms with E-state index in [2.05, 4.69) is 0 Å². The van der Waals surface area contributed by atoms with Crippen LogP contribution in [0.2, 0.25) is 0 Å². The zero-order chi connectivity index (χ0) is 7.73. The minimum atomic E-state index is -0.351. The van der Waals surface area contributed by atoms with E-state index in [-0.39, 0.29) is 5.60 Å². The predicted octanol–water partition coefficient (Wildman–Crippen LogP) is 1.33. The Morgan fingerprint density at radius 1 is 1.27 bits per heavy atom. The van der Waals surface area contributed by atoms with Gasteiger partial charge >= 0.3 is 0 Å². The fourth-order valence-corrected chi connectivity index (χ4v) is 2.34. The van der Waals surface area contributed by atoms with Crippen LogP contribution in [-0.4, -0.2) is 23.9 Å². The maximum atomic E-state index is 10.1. The van der Waals surface area contributed by atoms with Crippen molar-refractivity contribution >= 4 is 0 Å². The zero-order valence-electron chi connectivity index (χ0n) is 6.88. The molecule has 1 N–H and O–H groups in total. The lowest BCUT2D eigenvalue weighted by Gasteiger charge is -2.43. The predicted molar refractivity (Wildman–Crippen MR) is 42.3 cm³/mol. The Bertz CT molecular complexity index is 132. The first kappa shape index (κ1) is 7.56. The van der Waals surface area contributed by atoms with E-state index in [9.17, 15) is 5.11 Å². The van der Waals surface area contributed by atoms with Gasteiger partial charge in [-0.25, -0.2) is 0 Å². The topological polar surface area (TPSA) is 29.5 Å². The molecule has 0 spiro atoms. The Labute approximate surface area is 67.6 Å². The van der Waals surface area contributed by atoms with E-state index in [1.54, 1.807) is 0 Å². The lowest BCUT2D eigenvalue weighted by molar-refractivity contribution is -0.131. The van der Waals surface area contributed by atoms with Gasteiger partial charge in [0.15, 0.2) is 0 Å². The van der Waals surface area contributed by atoms with Crippen molar-refractivity contribution in [2.24, 2.45) is 5.92 Å².